The van der Waals surface area contributed by atoms with Crippen LogP contribution in [0.15, 0.2) is 97.1 Å². The van der Waals surface area contributed by atoms with Crippen molar-refractivity contribution in [1.82, 2.24) is 0 Å². The minimum atomic E-state index is -0.759. The van der Waals surface area contributed by atoms with Gasteiger partial charge in [-0.2, -0.15) is 0 Å². The first kappa shape index (κ1) is 38.0. The van der Waals surface area contributed by atoms with E-state index in [1.807, 2.05) is 97.1 Å². The average Bonchev–Trinajstić information content (AvgIpc) is 3.92. The molecule has 5 rings (SSSR count). The number of anilines is 4. The number of nitrogens with one attached hydrogen (secondary N) is 2. The van der Waals surface area contributed by atoms with Crippen LogP contribution in [0.2, 0.25) is 0 Å². The zero-order chi connectivity index (χ0) is 32.4. The third kappa shape index (κ3) is 15.2. The summed E-state index contributed by atoms with van der Waals surface area (Å²) in [4.78, 5) is 0. The zero-order valence-corrected chi connectivity index (χ0v) is 25.4. The molecule has 1 heterocycles. The van der Waals surface area contributed by atoms with Gasteiger partial charge in [0.1, 0.15) is 6.10 Å². The minimum Gasteiger partial charge on any atom is -0.399 e. The Morgan fingerprint density at radius 3 is 1.13 bits per heavy atom. The van der Waals surface area contributed by atoms with E-state index in [1.165, 1.54) is 22.3 Å². The summed E-state index contributed by atoms with van der Waals surface area (Å²) in [7, 11) is 0. The first-order chi connectivity index (χ1) is 21.8. The fourth-order valence-corrected chi connectivity index (χ4v) is 4.00. The molecule has 4 aromatic rings. The quantitative estimate of drug-likeness (QED) is 0.0780. The van der Waals surface area contributed by atoms with Gasteiger partial charge >= 0.3 is 0 Å². The lowest BCUT2D eigenvalue weighted by Crippen LogP contribution is -2.22. The maximum absolute atomic E-state index is 9.33. The van der Waals surface area contributed by atoms with E-state index >= 15 is 0 Å². The number of aliphatic hydroxyl groups excluding tert-OH is 5. The summed E-state index contributed by atoms with van der Waals surface area (Å²) < 4.78 is 4.61. The molecule has 0 aromatic heterocycles. The fraction of sp³-hybridized carbons (Fsp3) is 0.333. The minimum absolute atomic E-state index is 0. The molecule has 0 saturated carbocycles. The molecule has 10 heteroatoms. The van der Waals surface area contributed by atoms with Crippen molar-refractivity contribution in [1.29, 1.82) is 0 Å². The van der Waals surface area contributed by atoms with Gasteiger partial charge in [0, 0.05) is 35.8 Å². The topological polar surface area (TPSA) is 190 Å². The molecule has 10 nitrogen and oxygen atoms in total. The van der Waals surface area contributed by atoms with E-state index in [0.717, 1.165) is 42.2 Å². The molecule has 3 unspecified atom stereocenters. The first-order valence-electron chi connectivity index (χ1n) is 14.9. The van der Waals surface area contributed by atoms with Crippen LogP contribution in [0.25, 0.3) is 0 Å². The SMILES string of the molecule is C.Nc1ccc(Cc2ccc(N)cc2)cc1.OCC(O)CNc1ccc(Cc2ccc(NCC(O)CO)cc2)cc1.OCC1CO1. The van der Waals surface area contributed by atoms with E-state index < -0.39 is 12.2 Å². The van der Waals surface area contributed by atoms with Gasteiger partial charge in [-0.1, -0.05) is 56.0 Å². The maximum Gasteiger partial charge on any atom is 0.104 e. The Balaban J connectivity index is 0.000000294. The van der Waals surface area contributed by atoms with Crippen molar-refractivity contribution in [2.24, 2.45) is 0 Å². The van der Waals surface area contributed by atoms with Gasteiger partial charge in [-0.25, -0.2) is 0 Å². The van der Waals surface area contributed by atoms with Gasteiger partial charge in [0.25, 0.3) is 0 Å². The Bertz CT molecular complexity index is 1250. The predicted octanol–water partition coefficient (Wildman–Crippen LogP) is 3.26. The molecule has 1 aliphatic heterocycles. The number of benzene rings is 4. The van der Waals surface area contributed by atoms with Crippen molar-refractivity contribution in [3.63, 3.8) is 0 Å². The van der Waals surface area contributed by atoms with Crippen LogP contribution in [-0.4, -0.2) is 83.4 Å². The number of ether oxygens (including phenoxy) is 1. The van der Waals surface area contributed by atoms with Crippen LogP contribution in [0.1, 0.15) is 29.7 Å². The highest BCUT2D eigenvalue weighted by atomic mass is 16.6. The highest BCUT2D eigenvalue weighted by molar-refractivity contribution is 5.48. The Morgan fingerprint density at radius 2 is 0.891 bits per heavy atom. The van der Waals surface area contributed by atoms with Crippen molar-refractivity contribution in [2.75, 3.05) is 61.6 Å². The number of aliphatic hydroxyl groups is 5. The summed E-state index contributed by atoms with van der Waals surface area (Å²) in [6.45, 7) is 1.07. The van der Waals surface area contributed by atoms with Gasteiger partial charge in [-0.3, -0.25) is 0 Å². The Morgan fingerprint density at radius 1 is 0.587 bits per heavy atom. The largest absolute Gasteiger partial charge is 0.399 e. The number of hydrogen-bond acceptors (Lipinski definition) is 10. The van der Waals surface area contributed by atoms with Gasteiger partial charge in [0.15, 0.2) is 0 Å². The lowest BCUT2D eigenvalue weighted by molar-refractivity contribution is 0.105. The fourth-order valence-electron chi connectivity index (χ4n) is 4.00. The molecule has 250 valence electrons. The Hall–Kier alpha value is -4.16. The lowest BCUT2D eigenvalue weighted by atomic mass is 10.0. The van der Waals surface area contributed by atoms with Gasteiger partial charge < -0.3 is 52.4 Å². The van der Waals surface area contributed by atoms with Crippen molar-refractivity contribution >= 4 is 22.7 Å². The van der Waals surface area contributed by atoms with Crippen molar-refractivity contribution in [3.8, 4) is 0 Å². The normalized spacial score (nSPS) is 14.2. The molecule has 46 heavy (non-hydrogen) atoms. The van der Waals surface area contributed by atoms with Crippen LogP contribution in [-0.2, 0) is 17.6 Å². The average molecular weight is 635 g/mol. The van der Waals surface area contributed by atoms with Crippen LogP contribution in [0.3, 0.4) is 0 Å². The van der Waals surface area contributed by atoms with E-state index in [9.17, 15) is 10.2 Å². The molecule has 0 bridgehead atoms. The molecule has 0 spiro atoms. The monoisotopic (exact) mass is 634 g/mol. The summed E-state index contributed by atoms with van der Waals surface area (Å²) in [5, 5.41) is 50.5. The molecule has 0 radical (unpaired) electrons. The third-order valence-corrected chi connectivity index (χ3v) is 6.79. The molecule has 1 saturated heterocycles. The van der Waals surface area contributed by atoms with Crippen molar-refractivity contribution < 1.29 is 30.3 Å². The molecule has 11 N–H and O–H groups in total. The summed E-state index contributed by atoms with van der Waals surface area (Å²) >= 11 is 0. The van der Waals surface area contributed by atoms with Crippen LogP contribution < -0.4 is 22.1 Å². The second kappa shape index (κ2) is 20.8. The van der Waals surface area contributed by atoms with E-state index in [2.05, 4.69) is 15.4 Å². The van der Waals surface area contributed by atoms with E-state index in [4.69, 9.17) is 26.8 Å². The van der Waals surface area contributed by atoms with Gasteiger partial charge in [-0.05, 0) is 83.6 Å². The predicted molar refractivity (Wildman–Crippen MR) is 187 cm³/mol. The third-order valence-electron chi connectivity index (χ3n) is 6.79. The van der Waals surface area contributed by atoms with Gasteiger partial charge in [-0.15, -0.1) is 0 Å². The highest BCUT2D eigenvalue weighted by Gasteiger charge is 2.19. The van der Waals surface area contributed by atoms with Crippen LogP contribution in [0, 0.1) is 0 Å². The smallest absolute Gasteiger partial charge is 0.104 e. The summed E-state index contributed by atoms with van der Waals surface area (Å²) in [6, 6.07) is 31.8. The molecular weight excluding hydrogens is 584 g/mol. The highest BCUT2D eigenvalue weighted by Crippen LogP contribution is 2.16. The summed E-state index contributed by atoms with van der Waals surface area (Å²) in [5.74, 6) is 0. The standard InChI is InChI=1S/C19H26N2O4.C13H14N2.C3H6O2.CH4/c22-12-18(24)10-20-16-5-1-14(2-6-16)9-15-3-7-17(8-4-15)21-11-19(25)13-23;14-12-5-1-10(2-6-12)9-11-3-7-13(15)8-4-11;4-1-3-2-5-3;/h1-8,18-25H,9-13H2;1-8H,9,14-15H2;3-4H,1-2H2;1H4. The van der Waals surface area contributed by atoms with Crippen molar-refractivity contribution in [3.05, 3.63) is 119 Å². The number of hydrogen-bond donors (Lipinski definition) is 9. The second-order valence-electron chi connectivity index (χ2n) is 10.8. The zero-order valence-electron chi connectivity index (χ0n) is 25.4. The summed E-state index contributed by atoms with van der Waals surface area (Å²) in [6.07, 6.45) is 0.394. The van der Waals surface area contributed by atoms with Crippen LogP contribution in [0.4, 0.5) is 22.7 Å². The van der Waals surface area contributed by atoms with E-state index in [0.29, 0.717) is 13.1 Å². The maximum atomic E-state index is 9.33. The van der Waals surface area contributed by atoms with E-state index in [1.54, 1.807) is 0 Å². The molecule has 4 aromatic carbocycles. The first-order valence-corrected chi connectivity index (χ1v) is 14.9. The number of epoxide rings is 1. The molecular formula is C36H50N4O6. The molecule has 1 fully saturated rings. The van der Waals surface area contributed by atoms with Gasteiger partial charge in [0.2, 0.25) is 0 Å². The van der Waals surface area contributed by atoms with E-state index in [-0.39, 0.29) is 33.4 Å². The number of rotatable bonds is 13. The Kier molecular flexibility index (Phi) is 17.2. The second-order valence-corrected chi connectivity index (χ2v) is 10.8. The molecule has 3 atom stereocenters. The molecule has 0 aliphatic carbocycles. The number of nitrogen functional groups attached to an aromatic ring is 2. The lowest BCUT2D eigenvalue weighted by Gasteiger charge is -2.12. The molecule has 1 aliphatic rings. The number of nitrogens with two attached hydrogens (primary N) is 2. The van der Waals surface area contributed by atoms with Crippen LogP contribution in [0.5, 0.6) is 0 Å². The van der Waals surface area contributed by atoms with Crippen molar-refractivity contribution in [2.45, 2.75) is 38.6 Å². The van der Waals surface area contributed by atoms with Gasteiger partial charge in [0.05, 0.1) is 38.6 Å². The Labute approximate surface area is 272 Å². The molecule has 0 amide bonds. The van der Waals surface area contributed by atoms with Crippen LogP contribution >= 0.6 is 0 Å². The summed E-state index contributed by atoms with van der Waals surface area (Å²) in [5.41, 5.74) is 19.5.